The van der Waals surface area contributed by atoms with Crippen LogP contribution in [0.15, 0.2) is 35.3 Å². The SMILES string of the molecule is CC(C)C=NC(Cc1ccccc1)C(C)C. The van der Waals surface area contributed by atoms with E-state index in [1.165, 1.54) is 5.56 Å². The molecule has 0 amide bonds. The fourth-order valence-corrected chi connectivity index (χ4v) is 1.60. The summed E-state index contributed by atoms with van der Waals surface area (Å²) in [4.78, 5) is 4.69. The molecule has 1 unspecified atom stereocenters. The largest absolute Gasteiger partial charge is 0.293 e. The van der Waals surface area contributed by atoms with Gasteiger partial charge in [-0.3, -0.25) is 4.99 Å². The highest BCUT2D eigenvalue weighted by atomic mass is 14.8. The van der Waals surface area contributed by atoms with Crippen LogP contribution < -0.4 is 0 Å². The second kappa shape index (κ2) is 6.47. The van der Waals surface area contributed by atoms with Gasteiger partial charge in [-0.1, -0.05) is 58.0 Å². The molecular weight excluding hydrogens is 194 g/mol. The van der Waals surface area contributed by atoms with E-state index in [9.17, 15) is 0 Å². The Balaban J connectivity index is 2.65. The molecule has 0 bridgehead atoms. The van der Waals surface area contributed by atoms with Gasteiger partial charge in [0.2, 0.25) is 0 Å². The molecule has 0 N–H and O–H groups in total. The minimum absolute atomic E-state index is 0.407. The lowest BCUT2D eigenvalue weighted by atomic mass is 9.97. The van der Waals surface area contributed by atoms with E-state index >= 15 is 0 Å². The van der Waals surface area contributed by atoms with Crippen LogP contribution in [-0.4, -0.2) is 12.3 Å². The summed E-state index contributed by atoms with van der Waals surface area (Å²) >= 11 is 0. The van der Waals surface area contributed by atoms with E-state index < -0.39 is 0 Å². The molecule has 88 valence electrons. The third kappa shape index (κ3) is 4.61. The molecule has 0 spiro atoms. The molecule has 0 aliphatic carbocycles. The molecule has 0 radical (unpaired) electrons. The van der Waals surface area contributed by atoms with Gasteiger partial charge in [-0.05, 0) is 23.8 Å². The Morgan fingerprint density at radius 2 is 1.69 bits per heavy atom. The molecule has 1 aromatic rings. The maximum atomic E-state index is 4.69. The average Bonchev–Trinajstić information content (AvgIpc) is 2.25. The topological polar surface area (TPSA) is 12.4 Å². The predicted octanol–water partition coefficient (Wildman–Crippen LogP) is 3.98. The van der Waals surface area contributed by atoms with Gasteiger partial charge < -0.3 is 0 Å². The molecule has 1 nitrogen and oxygen atoms in total. The second-order valence-electron chi connectivity index (χ2n) is 5.04. The number of hydrogen-bond acceptors (Lipinski definition) is 1. The van der Waals surface area contributed by atoms with Gasteiger partial charge in [-0.25, -0.2) is 0 Å². The van der Waals surface area contributed by atoms with Gasteiger partial charge in [0.25, 0.3) is 0 Å². The Morgan fingerprint density at radius 3 is 2.19 bits per heavy atom. The molecule has 0 aliphatic heterocycles. The van der Waals surface area contributed by atoms with Crippen molar-refractivity contribution >= 4 is 6.21 Å². The van der Waals surface area contributed by atoms with Crippen molar-refractivity contribution in [1.82, 2.24) is 0 Å². The van der Waals surface area contributed by atoms with Crippen LogP contribution in [0.2, 0.25) is 0 Å². The van der Waals surface area contributed by atoms with Gasteiger partial charge in [0, 0.05) is 6.21 Å². The van der Waals surface area contributed by atoms with Gasteiger partial charge in [-0.15, -0.1) is 0 Å². The van der Waals surface area contributed by atoms with Crippen LogP contribution >= 0.6 is 0 Å². The highest BCUT2D eigenvalue weighted by molar-refractivity contribution is 5.59. The molecule has 1 atom stereocenters. The Morgan fingerprint density at radius 1 is 1.06 bits per heavy atom. The zero-order valence-electron chi connectivity index (χ0n) is 10.9. The molecule has 0 heterocycles. The first-order valence-electron chi connectivity index (χ1n) is 6.16. The van der Waals surface area contributed by atoms with Crippen molar-refractivity contribution in [2.45, 2.75) is 40.2 Å². The van der Waals surface area contributed by atoms with Crippen LogP contribution in [0.1, 0.15) is 33.3 Å². The molecular formula is C15H23N. The lowest BCUT2D eigenvalue weighted by molar-refractivity contribution is 0.492. The summed E-state index contributed by atoms with van der Waals surface area (Å²) in [5, 5.41) is 0. The third-order valence-electron chi connectivity index (χ3n) is 2.63. The third-order valence-corrected chi connectivity index (χ3v) is 2.63. The summed E-state index contributed by atoms with van der Waals surface area (Å²) in [5.41, 5.74) is 1.38. The van der Waals surface area contributed by atoms with E-state index in [0.29, 0.717) is 17.9 Å². The first-order valence-corrected chi connectivity index (χ1v) is 6.16. The molecule has 0 aromatic heterocycles. The van der Waals surface area contributed by atoms with Gasteiger partial charge in [-0.2, -0.15) is 0 Å². The molecule has 0 saturated carbocycles. The van der Waals surface area contributed by atoms with Crippen LogP contribution in [0.3, 0.4) is 0 Å². The van der Waals surface area contributed by atoms with Crippen molar-refractivity contribution in [1.29, 1.82) is 0 Å². The van der Waals surface area contributed by atoms with Crippen molar-refractivity contribution in [3.8, 4) is 0 Å². The number of hydrogen-bond donors (Lipinski definition) is 0. The van der Waals surface area contributed by atoms with Crippen LogP contribution in [0.25, 0.3) is 0 Å². The molecule has 1 heteroatoms. The Kier molecular flexibility index (Phi) is 5.24. The summed E-state index contributed by atoms with van der Waals surface area (Å²) in [6.45, 7) is 8.82. The van der Waals surface area contributed by atoms with Crippen molar-refractivity contribution in [3.63, 3.8) is 0 Å². The summed E-state index contributed by atoms with van der Waals surface area (Å²) in [6, 6.07) is 11.0. The van der Waals surface area contributed by atoms with Gasteiger partial charge in [0.05, 0.1) is 6.04 Å². The van der Waals surface area contributed by atoms with E-state index in [-0.39, 0.29) is 0 Å². The normalized spacial score (nSPS) is 13.9. The van der Waals surface area contributed by atoms with Crippen molar-refractivity contribution < 1.29 is 0 Å². The monoisotopic (exact) mass is 217 g/mol. The summed E-state index contributed by atoms with van der Waals surface area (Å²) in [5.74, 6) is 1.13. The highest BCUT2D eigenvalue weighted by Crippen LogP contribution is 2.13. The first kappa shape index (κ1) is 13.0. The minimum Gasteiger partial charge on any atom is -0.293 e. The first-order chi connectivity index (χ1) is 7.59. The lowest BCUT2D eigenvalue weighted by Gasteiger charge is -2.16. The Hall–Kier alpha value is -1.11. The van der Waals surface area contributed by atoms with Crippen LogP contribution in [0, 0.1) is 11.8 Å². The summed E-state index contributed by atoms with van der Waals surface area (Å²) in [7, 11) is 0. The smallest absolute Gasteiger partial charge is 0.0559 e. The molecule has 1 rings (SSSR count). The number of rotatable bonds is 5. The Labute approximate surface area is 99.6 Å². The van der Waals surface area contributed by atoms with Crippen LogP contribution in [0.4, 0.5) is 0 Å². The number of aliphatic imine (C=N–C) groups is 1. The van der Waals surface area contributed by atoms with E-state index in [2.05, 4.69) is 64.2 Å². The van der Waals surface area contributed by atoms with E-state index in [1.807, 2.05) is 0 Å². The number of nitrogens with zero attached hydrogens (tertiary/aromatic N) is 1. The van der Waals surface area contributed by atoms with Gasteiger partial charge in [0.1, 0.15) is 0 Å². The highest BCUT2D eigenvalue weighted by Gasteiger charge is 2.11. The fourth-order valence-electron chi connectivity index (χ4n) is 1.60. The molecule has 0 saturated heterocycles. The van der Waals surface area contributed by atoms with Gasteiger partial charge >= 0.3 is 0 Å². The maximum absolute atomic E-state index is 4.69. The molecule has 0 fully saturated rings. The lowest BCUT2D eigenvalue weighted by Crippen LogP contribution is -2.17. The predicted molar refractivity (Wildman–Crippen MR) is 72.1 cm³/mol. The zero-order chi connectivity index (χ0) is 12.0. The quantitative estimate of drug-likeness (QED) is 0.661. The van der Waals surface area contributed by atoms with Crippen molar-refractivity contribution in [3.05, 3.63) is 35.9 Å². The van der Waals surface area contributed by atoms with E-state index in [0.717, 1.165) is 6.42 Å². The van der Waals surface area contributed by atoms with Crippen molar-refractivity contribution in [2.24, 2.45) is 16.8 Å². The second-order valence-corrected chi connectivity index (χ2v) is 5.04. The minimum atomic E-state index is 0.407. The van der Waals surface area contributed by atoms with Crippen molar-refractivity contribution in [2.75, 3.05) is 0 Å². The number of benzene rings is 1. The molecule has 16 heavy (non-hydrogen) atoms. The maximum Gasteiger partial charge on any atom is 0.0559 e. The standard InChI is InChI=1S/C15H23N/c1-12(2)11-16-15(13(3)4)10-14-8-6-5-7-9-14/h5-9,11-13,15H,10H2,1-4H3. The zero-order valence-corrected chi connectivity index (χ0v) is 10.9. The van der Waals surface area contributed by atoms with Crippen LogP contribution in [0.5, 0.6) is 0 Å². The van der Waals surface area contributed by atoms with Gasteiger partial charge in [0.15, 0.2) is 0 Å². The Bertz CT molecular complexity index is 311. The van der Waals surface area contributed by atoms with E-state index in [1.54, 1.807) is 0 Å². The molecule has 1 aromatic carbocycles. The average molecular weight is 217 g/mol. The molecule has 0 aliphatic rings. The van der Waals surface area contributed by atoms with Crippen LogP contribution in [-0.2, 0) is 6.42 Å². The fraction of sp³-hybridized carbons (Fsp3) is 0.533. The summed E-state index contributed by atoms with van der Waals surface area (Å²) in [6.07, 6.45) is 3.12. The van der Waals surface area contributed by atoms with E-state index in [4.69, 9.17) is 4.99 Å². The summed E-state index contributed by atoms with van der Waals surface area (Å²) < 4.78 is 0.